The molecule has 34 heavy (non-hydrogen) atoms. The molecule has 0 atom stereocenters. The molecule has 2 amide bonds. The Bertz CT molecular complexity index is 1370. The highest BCUT2D eigenvalue weighted by Gasteiger charge is 2.28. The summed E-state index contributed by atoms with van der Waals surface area (Å²) in [4.78, 5) is 30.2. The summed E-state index contributed by atoms with van der Waals surface area (Å²) >= 11 is 7.74. The molecule has 1 N–H and O–H groups in total. The van der Waals surface area contributed by atoms with Gasteiger partial charge in [-0.3, -0.25) is 9.59 Å². The summed E-state index contributed by atoms with van der Waals surface area (Å²) in [6, 6.07) is 30.4. The van der Waals surface area contributed by atoms with Crippen molar-refractivity contribution in [1.29, 1.82) is 0 Å². The summed E-state index contributed by atoms with van der Waals surface area (Å²) in [6.45, 7) is 0.776. The topological polar surface area (TPSA) is 49.4 Å². The second-order valence-electron chi connectivity index (χ2n) is 7.97. The molecule has 168 valence electrons. The number of anilines is 1. The molecule has 0 unspecified atom stereocenters. The number of carbonyl (C=O) groups is 2. The molecule has 0 saturated heterocycles. The molecule has 4 aromatic carbocycles. The van der Waals surface area contributed by atoms with Crippen LogP contribution in [-0.2, 0) is 13.1 Å². The van der Waals surface area contributed by atoms with Gasteiger partial charge in [0.15, 0.2) is 0 Å². The molecule has 4 nitrogen and oxygen atoms in total. The van der Waals surface area contributed by atoms with Crippen molar-refractivity contribution in [1.82, 2.24) is 5.32 Å². The number of fused-ring (bicyclic) bond motifs is 2. The Balaban J connectivity index is 1.50. The lowest BCUT2D eigenvalue weighted by Crippen LogP contribution is -2.31. The van der Waals surface area contributed by atoms with Crippen LogP contribution in [0.3, 0.4) is 0 Å². The Hall–Kier alpha value is -3.54. The van der Waals surface area contributed by atoms with Gasteiger partial charge in [-0.1, -0.05) is 78.0 Å². The Morgan fingerprint density at radius 1 is 0.824 bits per heavy atom. The third-order valence-corrected chi connectivity index (χ3v) is 7.00. The first kappa shape index (κ1) is 22.3. The van der Waals surface area contributed by atoms with E-state index in [9.17, 15) is 9.59 Å². The standard InChI is InChI=1S/C28H21ClN2O2S/c29-22-10-6-9-20(15-22)18-31-24-16-21(27(32)30-17-19-7-2-1-3-8-19)13-14-26(24)34-25-12-5-4-11-23(25)28(31)33/h1-16H,17-18H2,(H,30,32). The Morgan fingerprint density at radius 2 is 1.59 bits per heavy atom. The van der Waals surface area contributed by atoms with Gasteiger partial charge >= 0.3 is 0 Å². The highest BCUT2D eigenvalue weighted by molar-refractivity contribution is 7.99. The molecule has 0 spiro atoms. The average Bonchev–Trinajstić information content (AvgIpc) is 2.97. The lowest BCUT2D eigenvalue weighted by Gasteiger charge is -2.24. The second kappa shape index (κ2) is 9.75. The summed E-state index contributed by atoms with van der Waals surface area (Å²) in [6.07, 6.45) is 0. The predicted molar refractivity (Wildman–Crippen MR) is 137 cm³/mol. The van der Waals surface area contributed by atoms with Crippen molar-refractivity contribution < 1.29 is 9.59 Å². The number of nitrogens with zero attached hydrogens (tertiary/aromatic N) is 1. The third kappa shape index (κ3) is 4.72. The van der Waals surface area contributed by atoms with Crippen LogP contribution in [0.15, 0.2) is 107 Å². The van der Waals surface area contributed by atoms with Crippen molar-refractivity contribution in [3.8, 4) is 0 Å². The van der Waals surface area contributed by atoms with Gasteiger partial charge in [0, 0.05) is 26.9 Å². The van der Waals surface area contributed by atoms with E-state index in [0.29, 0.717) is 34.9 Å². The molecule has 0 aromatic heterocycles. The average molecular weight is 485 g/mol. The van der Waals surface area contributed by atoms with Gasteiger partial charge in [-0.05, 0) is 53.6 Å². The van der Waals surface area contributed by atoms with E-state index in [0.717, 1.165) is 20.9 Å². The third-order valence-electron chi connectivity index (χ3n) is 5.62. The maximum atomic E-state index is 13.7. The first-order valence-electron chi connectivity index (χ1n) is 10.9. The van der Waals surface area contributed by atoms with Gasteiger partial charge < -0.3 is 10.2 Å². The predicted octanol–water partition coefficient (Wildman–Crippen LogP) is 6.58. The highest BCUT2D eigenvalue weighted by Crippen LogP contribution is 2.42. The molecule has 0 radical (unpaired) electrons. The van der Waals surface area contributed by atoms with Crippen molar-refractivity contribution in [3.05, 3.63) is 124 Å². The number of carbonyl (C=O) groups excluding carboxylic acids is 2. The Kier molecular flexibility index (Phi) is 6.39. The first-order valence-corrected chi connectivity index (χ1v) is 12.1. The first-order chi connectivity index (χ1) is 16.6. The molecule has 1 heterocycles. The molecule has 0 fully saturated rings. The zero-order valence-electron chi connectivity index (χ0n) is 18.2. The van der Waals surface area contributed by atoms with E-state index in [1.165, 1.54) is 11.8 Å². The SMILES string of the molecule is O=C(NCc1ccccc1)c1ccc2c(c1)N(Cc1cccc(Cl)c1)C(=O)c1ccccc1S2. The largest absolute Gasteiger partial charge is 0.348 e. The Labute approximate surface area is 207 Å². The molecule has 1 aliphatic heterocycles. The molecule has 0 aliphatic carbocycles. The molecule has 1 aliphatic rings. The number of hydrogen-bond acceptors (Lipinski definition) is 3. The van der Waals surface area contributed by atoms with Gasteiger partial charge in [0.2, 0.25) is 0 Å². The number of halogens is 1. The van der Waals surface area contributed by atoms with Crippen molar-refractivity contribution in [3.63, 3.8) is 0 Å². The zero-order chi connectivity index (χ0) is 23.5. The van der Waals surface area contributed by atoms with Crippen molar-refractivity contribution in [2.75, 3.05) is 4.90 Å². The van der Waals surface area contributed by atoms with Crippen LogP contribution in [0, 0.1) is 0 Å². The summed E-state index contributed by atoms with van der Waals surface area (Å²) < 4.78 is 0. The van der Waals surface area contributed by atoms with E-state index in [1.54, 1.807) is 11.0 Å². The van der Waals surface area contributed by atoms with Crippen LogP contribution in [0.4, 0.5) is 5.69 Å². The Morgan fingerprint density at radius 3 is 2.41 bits per heavy atom. The number of hydrogen-bond donors (Lipinski definition) is 1. The monoisotopic (exact) mass is 484 g/mol. The normalized spacial score (nSPS) is 12.5. The van der Waals surface area contributed by atoms with Gasteiger partial charge in [-0.2, -0.15) is 0 Å². The molecular formula is C28H21ClN2O2S. The second-order valence-corrected chi connectivity index (χ2v) is 9.49. The summed E-state index contributed by atoms with van der Waals surface area (Å²) in [5, 5.41) is 3.59. The fourth-order valence-electron chi connectivity index (χ4n) is 3.92. The van der Waals surface area contributed by atoms with Crippen molar-refractivity contribution in [2.24, 2.45) is 0 Å². The van der Waals surface area contributed by atoms with E-state index in [2.05, 4.69) is 5.32 Å². The van der Waals surface area contributed by atoms with Gasteiger partial charge in [-0.25, -0.2) is 0 Å². The van der Waals surface area contributed by atoms with Gasteiger partial charge in [0.1, 0.15) is 0 Å². The fraction of sp³-hybridized carbons (Fsp3) is 0.0714. The van der Waals surface area contributed by atoms with Crippen LogP contribution < -0.4 is 10.2 Å². The minimum atomic E-state index is -0.187. The lowest BCUT2D eigenvalue weighted by atomic mass is 10.1. The molecular weight excluding hydrogens is 464 g/mol. The molecule has 4 aromatic rings. The summed E-state index contributed by atoms with van der Waals surface area (Å²) in [7, 11) is 0. The molecule has 6 heteroatoms. The number of nitrogens with one attached hydrogen (secondary N) is 1. The molecule has 0 bridgehead atoms. The maximum Gasteiger partial charge on any atom is 0.259 e. The van der Waals surface area contributed by atoms with Crippen molar-refractivity contribution in [2.45, 2.75) is 22.9 Å². The van der Waals surface area contributed by atoms with E-state index in [1.807, 2.05) is 91.0 Å². The van der Waals surface area contributed by atoms with Gasteiger partial charge in [0.25, 0.3) is 11.8 Å². The van der Waals surface area contributed by atoms with E-state index < -0.39 is 0 Å². The van der Waals surface area contributed by atoms with Gasteiger partial charge in [0.05, 0.1) is 17.8 Å². The highest BCUT2D eigenvalue weighted by atomic mass is 35.5. The van der Waals surface area contributed by atoms with E-state index in [-0.39, 0.29) is 11.8 Å². The number of benzene rings is 4. The molecule has 0 saturated carbocycles. The minimum absolute atomic E-state index is 0.108. The van der Waals surface area contributed by atoms with Crippen LogP contribution in [0.25, 0.3) is 0 Å². The van der Waals surface area contributed by atoms with Crippen LogP contribution >= 0.6 is 23.4 Å². The van der Waals surface area contributed by atoms with Crippen molar-refractivity contribution >= 4 is 40.9 Å². The fourth-order valence-corrected chi connectivity index (χ4v) is 5.19. The smallest absolute Gasteiger partial charge is 0.259 e. The summed E-state index contributed by atoms with van der Waals surface area (Å²) in [5.41, 5.74) is 3.79. The lowest BCUT2D eigenvalue weighted by molar-refractivity contribution is 0.0947. The summed E-state index contributed by atoms with van der Waals surface area (Å²) in [5.74, 6) is -0.294. The van der Waals surface area contributed by atoms with Crippen LogP contribution in [0.2, 0.25) is 5.02 Å². The van der Waals surface area contributed by atoms with E-state index in [4.69, 9.17) is 11.6 Å². The van der Waals surface area contributed by atoms with Crippen LogP contribution in [0.5, 0.6) is 0 Å². The molecule has 5 rings (SSSR count). The maximum absolute atomic E-state index is 13.7. The van der Waals surface area contributed by atoms with Crippen LogP contribution in [0.1, 0.15) is 31.8 Å². The number of amides is 2. The van der Waals surface area contributed by atoms with Gasteiger partial charge in [-0.15, -0.1) is 0 Å². The quantitative estimate of drug-likeness (QED) is 0.348. The van der Waals surface area contributed by atoms with Crippen LogP contribution in [-0.4, -0.2) is 11.8 Å². The number of rotatable bonds is 5. The van der Waals surface area contributed by atoms with E-state index >= 15 is 0 Å². The minimum Gasteiger partial charge on any atom is -0.348 e. The zero-order valence-corrected chi connectivity index (χ0v) is 19.8.